The number of anilines is 1. The summed E-state index contributed by atoms with van der Waals surface area (Å²) in [6, 6.07) is 11.5. The highest BCUT2D eigenvalue weighted by atomic mass is 79.9. The van der Waals surface area contributed by atoms with E-state index >= 15 is 0 Å². The van der Waals surface area contributed by atoms with Gasteiger partial charge in [0.15, 0.2) is 0 Å². The number of para-hydroxylation sites is 1. The van der Waals surface area contributed by atoms with Gasteiger partial charge in [-0.15, -0.1) is 0 Å². The van der Waals surface area contributed by atoms with E-state index in [0.29, 0.717) is 20.7 Å². The fraction of sp³-hybridized carbons (Fsp3) is 0.118. The molecule has 0 bridgehead atoms. The van der Waals surface area contributed by atoms with Crippen LogP contribution in [0, 0.1) is 5.92 Å². The number of benzene rings is 2. The van der Waals surface area contributed by atoms with E-state index in [1.165, 1.54) is 31.3 Å². The zero-order chi connectivity index (χ0) is 18.4. The second-order valence-corrected chi connectivity index (χ2v) is 6.42. The van der Waals surface area contributed by atoms with E-state index in [4.69, 9.17) is 11.6 Å². The van der Waals surface area contributed by atoms with Gasteiger partial charge in [0.05, 0.1) is 11.9 Å². The smallest absolute Gasteiger partial charge is 0.252 e. The van der Waals surface area contributed by atoms with Crippen LogP contribution in [0.5, 0.6) is 5.75 Å². The van der Waals surface area contributed by atoms with Crippen LogP contribution in [0.2, 0.25) is 5.02 Å². The largest absolute Gasteiger partial charge is 0.507 e. The van der Waals surface area contributed by atoms with Crippen LogP contribution in [0.15, 0.2) is 52.0 Å². The first-order chi connectivity index (χ1) is 11.9. The Labute approximate surface area is 158 Å². The molecule has 0 saturated carbocycles. The van der Waals surface area contributed by atoms with Crippen LogP contribution < -0.4 is 10.7 Å². The minimum Gasteiger partial charge on any atom is -0.507 e. The number of rotatable bonds is 5. The SMILES string of the molecule is CC(C(=O)N/N=C/c1cc(Cl)ccc1O)C(=O)Nc1ccccc1Br. The Kier molecular flexibility index (Phi) is 6.55. The van der Waals surface area contributed by atoms with Gasteiger partial charge >= 0.3 is 0 Å². The number of carbonyl (C=O) groups excluding carboxylic acids is 2. The van der Waals surface area contributed by atoms with Crippen molar-refractivity contribution in [2.45, 2.75) is 6.92 Å². The first-order valence-corrected chi connectivity index (χ1v) is 8.42. The van der Waals surface area contributed by atoms with Gasteiger partial charge in [0.25, 0.3) is 5.91 Å². The molecule has 2 rings (SSSR count). The third-order valence-electron chi connectivity index (χ3n) is 3.29. The molecule has 1 unspecified atom stereocenters. The third kappa shape index (κ3) is 5.30. The van der Waals surface area contributed by atoms with Crippen LogP contribution in [0.1, 0.15) is 12.5 Å². The average Bonchev–Trinajstić information content (AvgIpc) is 2.59. The summed E-state index contributed by atoms with van der Waals surface area (Å²) in [5.41, 5.74) is 3.18. The lowest BCUT2D eigenvalue weighted by Crippen LogP contribution is -2.34. The highest BCUT2D eigenvalue weighted by Crippen LogP contribution is 2.22. The zero-order valence-electron chi connectivity index (χ0n) is 13.2. The second kappa shape index (κ2) is 8.64. The molecule has 2 amide bonds. The van der Waals surface area contributed by atoms with Gasteiger partial charge in [0, 0.05) is 15.1 Å². The molecule has 0 aliphatic carbocycles. The number of phenols is 1. The molecule has 1 atom stereocenters. The Morgan fingerprint density at radius 2 is 1.96 bits per heavy atom. The molecule has 25 heavy (non-hydrogen) atoms. The fourth-order valence-corrected chi connectivity index (χ4v) is 2.38. The first-order valence-electron chi connectivity index (χ1n) is 7.25. The van der Waals surface area contributed by atoms with Crippen molar-refractivity contribution in [2.24, 2.45) is 11.0 Å². The second-order valence-electron chi connectivity index (χ2n) is 5.13. The van der Waals surface area contributed by atoms with Crippen molar-refractivity contribution >= 4 is 51.2 Å². The molecule has 2 aromatic rings. The van der Waals surface area contributed by atoms with Crippen LogP contribution in [-0.4, -0.2) is 23.1 Å². The van der Waals surface area contributed by atoms with Gasteiger partial charge in [0.1, 0.15) is 11.7 Å². The van der Waals surface area contributed by atoms with Crippen molar-refractivity contribution in [2.75, 3.05) is 5.32 Å². The third-order valence-corrected chi connectivity index (χ3v) is 4.21. The summed E-state index contributed by atoms with van der Waals surface area (Å²) < 4.78 is 0.713. The van der Waals surface area contributed by atoms with Crippen molar-refractivity contribution < 1.29 is 14.7 Å². The van der Waals surface area contributed by atoms with Crippen LogP contribution in [0.4, 0.5) is 5.69 Å². The average molecular weight is 425 g/mol. The quantitative estimate of drug-likeness (QED) is 0.389. The maximum Gasteiger partial charge on any atom is 0.252 e. The predicted molar refractivity (Wildman–Crippen MR) is 101 cm³/mol. The van der Waals surface area contributed by atoms with Gasteiger partial charge in [-0.05, 0) is 53.2 Å². The van der Waals surface area contributed by atoms with E-state index in [9.17, 15) is 14.7 Å². The minimum absolute atomic E-state index is 0.0258. The van der Waals surface area contributed by atoms with E-state index in [1.807, 2.05) is 6.07 Å². The standard InChI is InChI=1S/C17H15BrClN3O3/c1-10(16(24)21-14-5-3-2-4-13(14)18)17(25)22-20-9-11-8-12(19)6-7-15(11)23/h2-10,23H,1H3,(H,21,24)(H,22,25)/b20-9+. The molecule has 3 N–H and O–H groups in total. The van der Waals surface area contributed by atoms with Crippen molar-refractivity contribution in [1.29, 1.82) is 0 Å². The van der Waals surface area contributed by atoms with Crippen LogP contribution in [0.3, 0.4) is 0 Å². The topological polar surface area (TPSA) is 90.8 Å². The summed E-state index contributed by atoms with van der Waals surface area (Å²) in [6.45, 7) is 1.47. The summed E-state index contributed by atoms with van der Waals surface area (Å²) in [6.07, 6.45) is 1.25. The molecular weight excluding hydrogens is 410 g/mol. The van der Waals surface area contributed by atoms with Crippen molar-refractivity contribution in [1.82, 2.24) is 5.43 Å². The molecule has 130 valence electrons. The number of hydrogen-bond donors (Lipinski definition) is 3. The van der Waals surface area contributed by atoms with Gasteiger partial charge in [-0.2, -0.15) is 5.10 Å². The molecule has 0 radical (unpaired) electrons. The predicted octanol–water partition coefficient (Wildman–Crippen LogP) is 3.53. The van der Waals surface area contributed by atoms with E-state index < -0.39 is 17.7 Å². The Balaban J connectivity index is 1.95. The number of halogens is 2. The maximum absolute atomic E-state index is 12.1. The number of nitrogens with one attached hydrogen (secondary N) is 2. The zero-order valence-corrected chi connectivity index (χ0v) is 15.5. The number of amides is 2. The molecule has 0 spiro atoms. The Hall–Kier alpha value is -2.38. The lowest BCUT2D eigenvalue weighted by atomic mass is 10.1. The normalized spacial score (nSPS) is 12.0. The molecule has 0 aliphatic heterocycles. The number of aromatic hydroxyl groups is 1. The van der Waals surface area contributed by atoms with E-state index in [2.05, 4.69) is 31.8 Å². The van der Waals surface area contributed by atoms with Gasteiger partial charge < -0.3 is 10.4 Å². The molecule has 6 nitrogen and oxygen atoms in total. The number of hydrazone groups is 1. The van der Waals surface area contributed by atoms with E-state index in [-0.39, 0.29) is 5.75 Å². The molecule has 0 heterocycles. The molecule has 0 aromatic heterocycles. The Morgan fingerprint density at radius 3 is 2.68 bits per heavy atom. The van der Waals surface area contributed by atoms with Gasteiger partial charge in [-0.1, -0.05) is 23.7 Å². The summed E-state index contributed by atoms with van der Waals surface area (Å²) in [4.78, 5) is 24.2. The highest BCUT2D eigenvalue weighted by Gasteiger charge is 2.21. The summed E-state index contributed by atoms with van der Waals surface area (Å²) >= 11 is 9.14. The maximum atomic E-state index is 12.1. The Bertz CT molecular complexity index is 827. The summed E-state index contributed by atoms with van der Waals surface area (Å²) in [5.74, 6) is -2.04. The lowest BCUT2D eigenvalue weighted by molar-refractivity contribution is -0.131. The van der Waals surface area contributed by atoms with Crippen LogP contribution in [-0.2, 0) is 9.59 Å². The Morgan fingerprint density at radius 1 is 1.24 bits per heavy atom. The van der Waals surface area contributed by atoms with Gasteiger partial charge in [-0.25, -0.2) is 5.43 Å². The molecule has 0 saturated heterocycles. The van der Waals surface area contributed by atoms with Crippen LogP contribution >= 0.6 is 27.5 Å². The van der Waals surface area contributed by atoms with Crippen LogP contribution in [0.25, 0.3) is 0 Å². The molecule has 0 fully saturated rings. The number of phenolic OH excluding ortho intramolecular Hbond substituents is 1. The van der Waals surface area contributed by atoms with Crippen molar-refractivity contribution in [3.8, 4) is 5.75 Å². The fourth-order valence-electron chi connectivity index (χ4n) is 1.81. The molecule has 0 aliphatic rings. The van der Waals surface area contributed by atoms with Crippen molar-refractivity contribution in [3.63, 3.8) is 0 Å². The van der Waals surface area contributed by atoms with Crippen molar-refractivity contribution in [3.05, 3.63) is 57.5 Å². The molecular formula is C17H15BrClN3O3. The number of hydrogen-bond acceptors (Lipinski definition) is 4. The molecule has 8 heteroatoms. The first kappa shape index (κ1) is 19.0. The highest BCUT2D eigenvalue weighted by molar-refractivity contribution is 9.10. The van der Waals surface area contributed by atoms with E-state index in [1.54, 1.807) is 18.2 Å². The summed E-state index contributed by atoms with van der Waals surface area (Å²) in [5, 5.41) is 16.5. The van der Waals surface area contributed by atoms with Gasteiger partial charge in [-0.3, -0.25) is 9.59 Å². The monoisotopic (exact) mass is 423 g/mol. The molecule has 2 aromatic carbocycles. The van der Waals surface area contributed by atoms with Gasteiger partial charge in [0.2, 0.25) is 5.91 Å². The lowest BCUT2D eigenvalue weighted by Gasteiger charge is -2.11. The summed E-state index contributed by atoms with van der Waals surface area (Å²) in [7, 11) is 0. The number of nitrogens with zero attached hydrogens (tertiary/aromatic N) is 1. The minimum atomic E-state index is -0.961. The number of carbonyl (C=O) groups is 2. The van der Waals surface area contributed by atoms with E-state index in [0.717, 1.165) is 0 Å².